The minimum atomic E-state index is 0.298. The quantitative estimate of drug-likeness (QED) is 0.862. The molecule has 20 heavy (non-hydrogen) atoms. The van der Waals surface area contributed by atoms with E-state index in [-0.39, 0.29) is 0 Å². The van der Waals surface area contributed by atoms with E-state index in [0.29, 0.717) is 33.4 Å². The van der Waals surface area contributed by atoms with Gasteiger partial charge in [-0.3, -0.25) is 0 Å². The van der Waals surface area contributed by atoms with E-state index in [1.54, 1.807) is 6.07 Å². The van der Waals surface area contributed by atoms with Crippen LogP contribution in [0.25, 0.3) is 0 Å². The highest BCUT2D eigenvalue weighted by Crippen LogP contribution is 2.31. The summed E-state index contributed by atoms with van der Waals surface area (Å²) in [5.74, 6) is 2.12. The minimum Gasteiger partial charge on any atom is -0.368 e. The van der Waals surface area contributed by atoms with E-state index >= 15 is 0 Å². The van der Waals surface area contributed by atoms with Crippen molar-refractivity contribution in [2.75, 3.05) is 10.6 Å². The van der Waals surface area contributed by atoms with E-state index in [9.17, 15) is 0 Å². The van der Waals surface area contributed by atoms with Crippen LogP contribution in [0.4, 0.5) is 17.3 Å². The highest BCUT2D eigenvalue weighted by atomic mass is 35.5. The van der Waals surface area contributed by atoms with Crippen LogP contribution in [0, 0.1) is 6.92 Å². The highest BCUT2D eigenvalue weighted by Gasteiger charge is 2.07. The van der Waals surface area contributed by atoms with Gasteiger partial charge in [0.15, 0.2) is 0 Å². The monoisotopic (exact) mass is 310 g/mol. The first-order chi connectivity index (χ1) is 9.45. The van der Waals surface area contributed by atoms with E-state index in [4.69, 9.17) is 23.2 Å². The predicted molar refractivity (Wildman–Crippen MR) is 85.3 cm³/mol. The molecule has 0 atom stereocenters. The molecule has 0 amide bonds. The zero-order valence-electron chi connectivity index (χ0n) is 11.5. The molecule has 0 unspecified atom stereocenters. The van der Waals surface area contributed by atoms with Gasteiger partial charge in [-0.15, -0.1) is 0 Å². The van der Waals surface area contributed by atoms with Gasteiger partial charge >= 0.3 is 0 Å². The maximum absolute atomic E-state index is 6.15. The lowest BCUT2D eigenvalue weighted by Crippen LogP contribution is -2.12. The lowest BCUT2D eigenvalue weighted by Gasteiger charge is -2.13. The molecule has 1 aromatic heterocycles. The molecule has 0 radical (unpaired) electrons. The number of halogens is 2. The Morgan fingerprint density at radius 2 is 1.80 bits per heavy atom. The summed E-state index contributed by atoms with van der Waals surface area (Å²) in [7, 11) is 0. The van der Waals surface area contributed by atoms with Gasteiger partial charge in [0.25, 0.3) is 0 Å². The third kappa shape index (κ3) is 3.74. The average Bonchev–Trinajstić information content (AvgIpc) is 2.33. The molecule has 1 heterocycles. The summed E-state index contributed by atoms with van der Waals surface area (Å²) in [6.07, 6.45) is 0. The fourth-order valence-corrected chi connectivity index (χ4v) is 2.09. The van der Waals surface area contributed by atoms with Crippen molar-refractivity contribution in [1.82, 2.24) is 9.97 Å². The molecule has 106 valence electrons. The van der Waals surface area contributed by atoms with Crippen molar-refractivity contribution in [3.05, 3.63) is 40.1 Å². The topological polar surface area (TPSA) is 49.8 Å². The van der Waals surface area contributed by atoms with Crippen molar-refractivity contribution >= 4 is 40.5 Å². The number of benzene rings is 1. The Morgan fingerprint density at radius 3 is 2.50 bits per heavy atom. The number of rotatable bonds is 4. The van der Waals surface area contributed by atoms with Crippen LogP contribution in [0.3, 0.4) is 0 Å². The zero-order chi connectivity index (χ0) is 14.7. The van der Waals surface area contributed by atoms with Crippen LogP contribution in [-0.2, 0) is 0 Å². The molecule has 0 aliphatic rings. The molecule has 0 bridgehead atoms. The first-order valence-corrected chi connectivity index (χ1v) is 7.04. The van der Waals surface area contributed by atoms with E-state index in [2.05, 4.69) is 34.4 Å². The van der Waals surface area contributed by atoms with Gasteiger partial charge in [-0.25, -0.2) is 9.97 Å². The number of hydrogen-bond donors (Lipinski definition) is 2. The average molecular weight is 311 g/mol. The Kier molecular flexibility index (Phi) is 4.68. The molecule has 2 N–H and O–H groups in total. The summed E-state index contributed by atoms with van der Waals surface area (Å²) >= 11 is 12.1. The lowest BCUT2D eigenvalue weighted by atomic mass is 10.3. The summed E-state index contributed by atoms with van der Waals surface area (Å²) in [5, 5.41) is 7.39. The molecule has 0 fully saturated rings. The lowest BCUT2D eigenvalue weighted by molar-refractivity contribution is 0.881. The van der Waals surface area contributed by atoms with Gasteiger partial charge in [-0.05, 0) is 32.9 Å². The minimum absolute atomic E-state index is 0.298. The first kappa shape index (κ1) is 14.9. The van der Waals surface area contributed by atoms with E-state index in [0.717, 1.165) is 5.82 Å². The van der Waals surface area contributed by atoms with Gasteiger partial charge in [0.2, 0.25) is 0 Å². The fourth-order valence-electron chi connectivity index (χ4n) is 1.74. The molecule has 4 nitrogen and oxygen atoms in total. The number of nitrogens with one attached hydrogen (secondary N) is 2. The second-order valence-corrected chi connectivity index (χ2v) is 5.50. The van der Waals surface area contributed by atoms with Crippen molar-refractivity contribution in [3.63, 3.8) is 0 Å². The molecule has 0 spiro atoms. The summed E-state index contributed by atoms with van der Waals surface area (Å²) in [6.45, 7) is 5.95. The van der Waals surface area contributed by atoms with E-state index < -0.39 is 0 Å². The molecule has 0 aliphatic carbocycles. The molecule has 1 aromatic carbocycles. The smallest absolute Gasteiger partial charge is 0.136 e. The maximum atomic E-state index is 6.15. The number of aromatic nitrogens is 2. The van der Waals surface area contributed by atoms with Crippen LogP contribution in [-0.4, -0.2) is 16.0 Å². The summed E-state index contributed by atoms with van der Waals surface area (Å²) in [4.78, 5) is 8.68. The normalized spacial score (nSPS) is 10.7. The third-order valence-corrected chi connectivity index (χ3v) is 3.31. The summed E-state index contributed by atoms with van der Waals surface area (Å²) in [5.41, 5.74) is 0.716. The number of anilines is 3. The second-order valence-electron chi connectivity index (χ2n) is 4.71. The van der Waals surface area contributed by atoms with Crippen LogP contribution in [0.5, 0.6) is 0 Å². The number of nitrogens with zero attached hydrogens (tertiary/aromatic N) is 2. The molecule has 0 aliphatic heterocycles. The standard InChI is InChI=1S/C14H16Cl2N4/c1-8(2)17-12-7-13(19-9(3)18-12)20-11-6-4-5-10(15)14(11)16/h4-8H,1-3H3,(H2,17,18,19,20). The Morgan fingerprint density at radius 1 is 1.10 bits per heavy atom. The van der Waals surface area contributed by atoms with E-state index in [1.807, 2.05) is 25.1 Å². The van der Waals surface area contributed by atoms with Gasteiger partial charge < -0.3 is 10.6 Å². The van der Waals surface area contributed by atoms with Crippen molar-refractivity contribution in [1.29, 1.82) is 0 Å². The van der Waals surface area contributed by atoms with Gasteiger partial charge in [-0.2, -0.15) is 0 Å². The van der Waals surface area contributed by atoms with Gasteiger partial charge in [0, 0.05) is 12.1 Å². The highest BCUT2D eigenvalue weighted by molar-refractivity contribution is 6.43. The molecule has 6 heteroatoms. The Hall–Kier alpha value is -1.52. The molecular formula is C14H16Cl2N4. The Bertz CT molecular complexity index is 614. The van der Waals surface area contributed by atoms with Crippen molar-refractivity contribution in [2.24, 2.45) is 0 Å². The third-order valence-electron chi connectivity index (χ3n) is 2.49. The maximum Gasteiger partial charge on any atom is 0.136 e. The van der Waals surface area contributed by atoms with Crippen LogP contribution in [0.2, 0.25) is 10.0 Å². The molecular weight excluding hydrogens is 295 g/mol. The van der Waals surface area contributed by atoms with Crippen molar-refractivity contribution < 1.29 is 0 Å². The number of hydrogen-bond acceptors (Lipinski definition) is 4. The Balaban J connectivity index is 2.29. The largest absolute Gasteiger partial charge is 0.368 e. The SMILES string of the molecule is Cc1nc(Nc2cccc(Cl)c2Cl)cc(NC(C)C)n1. The molecule has 0 saturated carbocycles. The van der Waals surface area contributed by atoms with Crippen molar-refractivity contribution in [3.8, 4) is 0 Å². The summed E-state index contributed by atoms with van der Waals surface area (Å²) in [6, 6.07) is 7.56. The van der Waals surface area contributed by atoms with Crippen LogP contribution in [0.15, 0.2) is 24.3 Å². The Labute approximate surface area is 128 Å². The van der Waals surface area contributed by atoms with Crippen LogP contribution in [0.1, 0.15) is 19.7 Å². The molecule has 2 aromatic rings. The van der Waals surface area contributed by atoms with Gasteiger partial charge in [-0.1, -0.05) is 29.3 Å². The van der Waals surface area contributed by atoms with Gasteiger partial charge in [0.05, 0.1) is 15.7 Å². The molecule has 0 saturated heterocycles. The van der Waals surface area contributed by atoms with Gasteiger partial charge in [0.1, 0.15) is 17.5 Å². The second kappa shape index (κ2) is 6.29. The van der Waals surface area contributed by atoms with Crippen molar-refractivity contribution in [2.45, 2.75) is 26.8 Å². The molecule has 2 rings (SSSR count). The number of aryl methyl sites for hydroxylation is 1. The zero-order valence-corrected chi connectivity index (χ0v) is 13.0. The van der Waals surface area contributed by atoms with Crippen LogP contribution >= 0.6 is 23.2 Å². The first-order valence-electron chi connectivity index (χ1n) is 6.29. The fraction of sp³-hybridized carbons (Fsp3) is 0.286. The van der Waals surface area contributed by atoms with Crippen LogP contribution < -0.4 is 10.6 Å². The van der Waals surface area contributed by atoms with E-state index in [1.165, 1.54) is 0 Å². The summed E-state index contributed by atoms with van der Waals surface area (Å²) < 4.78 is 0. The predicted octanol–water partition coefficient (Wildman–Crippen LogP) is 4.66.